The van der Waals surface area contributed by atoms with E-state index in [9.17, 15) is 0 Å². The Morgan fingerprint density at radius 1 is 0.440 bits per heavy atom. The predicted octanol–water partition coefficient (Wildman–Crippen LogP) is 2.64. The smallest absolute Gasteiger partial charge is 0.0809 e. The quantitative estimate of drug-likeness (QED) is 0.156. The van der Waals surface area contributed by atoms with Gasteiger partial charge in [0.15, 0.2) is 0 Å². The molecule has 0 aliphatic rings. The molecule has 0 unspecified atom stereocenters. The molecule has 4 aromatic rings. The molecular weight excluding hydrogens is 364 g/mol. The fourth-order valence-electron chi connectivity index (χ4n) is 3.43. The zero-order valence-electron chi connectivity index (χ0n) is 13.2. The Morgan fingerprint density at radius 2 is 0.920 bits per heavy atom. The maximum Gasteiger partial charge on any atom is 0.0809 e. The molecule has 0 atom stereocenters. The molecule has 12 N–H and O–H groups in total. The van der Waals surface area contributed by atoms with E-state index in [1.165, 1.54) is 0 Å². The Kier molecular flexibility index (Phi) is 3.71. The summed E-state index contributed by atoms with van der Waals surface area (Å²) in [5.41, 5.74) is 39.3. The van der Waals surface area contributed by atoms with Crippen LogP contribution in [-0.4, -0.2) is 0 Å². The fraction of sp³-hybridized carbons (Fsp3) is 0. The van der Waals surface area contributed by atoms with Crippen molar-refractivity contribution in [3.63, 3.8) is 0 Å². The fourth-order valence-corrected chi connectivity index (χ4v) is 3.43. The summed E-state index contributed by atoms with van der Waals surface area (Å²) in [4.78, 5) is 0. The number of rotatable bonds is 0. The van der Waals surface area contributed by atoms with Crippen molar-refractivity contribution < 1.29 is 17.1 Å². The molecule has 25 heavy (non-hydrogen) atoms. The summed E-state index contributed by atoms with van der Waals surface area (Å²) in [6.07, 6.45) is 0. The number of nitrogen functional groups attached to an aromatic ring is 6. The van der Waals surface area contributed by atoms with Gasteiger partial charge in [-0.25, -0.2) is 0 Å². The molecule has 0 fully saturated rings. The molecule has 131 valence electrons. The number of fused-ring (bicyclic) bond motifs is 6. The van der Waals surface area contributed by atoms with Gasteiger partial charge in [-0.1, -0.05) is 30.3 Å². The van der Waals surface area contributed by atoms with Crippen LogP contribution in [0.4, 0.5) is 34.1 Å². The second-order valence-corrected chi connectivity index (χ2v) is 5.94. The van der Waals surface area contributed by atoms with Crippen molar-refractivity contribution in [3.05, 3.63) is 36.4 Å². The Morgan fingerprint density at radius 3 is 1.56 bits per heavy atom. The minimum Gasteiger partial charge on any atom is -0.397 e. The number of hydrogen-bond donors (Lipinski definition) is 6. The van der Waals surface area contributed by atoms with Gasteiger partial charge in [-0.05, 0) is 22.2 Å². The Balaban J connectivity index is 0.00000182. The minimum absolute atomic E-state index is 0. The number of benzene rings is 4. The van der Waals surface area contributed by atoms with Crippen LogP contribution in [0, 0.1) is 0 Å². The van der Waals surface area contributed by atoms with Crippen molar-refractivity contribution in [2.45, 2.75) is 0 Å². The van der Waals surface area contributed by atoms with Crippen molar-refractivity contribution in [2.24, 2.45) is 0 Å². The van der Waals surface area contributed by atoms with Crippen molar-refractivity contribution in [1.82, 2.24) is 0 Å². The van der Waals surface area contributed by atoms with E-state index < -0.39 is 0 Å². The first-order valence-corrected chi connectivity index (χ1v) is 7.47. The van der Waals surface area contributed by atoms with Gasteiger partial charge in [-0.15, -0.1) is 0 Å². The third kappa shape index (κ3) is 2.03. The van der Waals surface area contributed by atoms with E-state index >= 15 is 0 Å². The topological polar surface area (TPSA) is 156 Å². The van der Waals surface area contributed by atoms with Gasteiger partial charge in [0.25, 0.3) is 0 Å². The van der Waals surface area contributed by atoms with Crippen LogP contribution in [0.5, 0.6) is 0 Å². The van der Waals surface area contributed by atoms with Crippen LogP contribution in [0.3, 0.4) is 0 Å². The van der Waals surface area contributed by atoms with Crippen LogP contribution < -0.4 is 34.4 Å². The van der Waals surface area contributed by atoms with Crippen LogP contribution >= 0.6 is 0 Å². The van der Waals surface area contributed by atoms with Gasteiger partial charge in [0.2, 0.25) is 0 Å². The molecule has 0 saturated heterocycles. The van der Waals surface area contributed by atoms with E-state index in [2.05, 4.69) is 0 Å². The summed E-state index contributed by atoms with van der Waals surface area (Å²) in [6.45, 7) is 0. The van der Waals surface area contributed by atoms with Crippen molar-refractivity contribution >= 4 is 66.4 Å². The summed E-state index contributed by atoms with van der Waals surface area (Å²) < 4.78 is 0. The van der Waals surface area contributed by atoms with Gasteiger partial charge in [0.1, 0.15) is 0 Å². The molecule has 0 spiro atoms. The SMILES string of the molecule is Nc1ccc2c3ccccc3c3c(N)c(N)c(N)c(N)c3c2c1N.[Cu]. The van der Waals surface area contributed by atoms with Crippen LogP contribution in [0.25, 0.3) is 32.3 Å². The predicted molar refractivity (Wildman–Crippen MR) is 105 cm³/mol. The van der Waals surface area contributed by atoms with E-state index in [4.69, 9.17) is 34.4 Å². The monoisotopic (exact) mass is 381 g/mol. The Labute approximate surface area is 154 Å². The van der Waals surface area contributed by atoms with E-state index in [1.54, 1.807) is 6.07 Å². The van der Waals surface area contributed by atoms with Gasteiger partial charge >= 0.3 is 0 Å². The summed E-state index contributed by atoms with van der Waals surface area (Å²) in [5, 5.41) is 5.08. The first-order valence-electron chi connectivity index (χ1n) is 7.47. The molecule has 6 nitrogen and oxygen atoms in total. The van der Waals surface area contributed by atoms with Crippen molar-refractivity contribution in [2.75, 3.05) is 34.4 Å². The van der Waals surface area contributed by atoms with Crippen LogP contribution in [0.1, 0.15) is 0 Å². The Bertz CT molecular complexity index is 1150. The Hall–Kier alpha value is -3.02. The molecule has 4 rings (SSSR count). The molecule has 0 amide bonds. The van der Waals surface area contributed by atoms with Crippen LogP contribution in [0.15, 0.2) is 36.4 Å². The van der Waals surface area contributed by atoms with Gasteiger partial charge < -0.3 is 34.4 Å². The number of nitrogens with two attached hydrogens (primary N) is 6. The van der Waals surface area contributed by atoms with E-state index in [-0.39, 0.29) is 28.4 Å². The molecule has 4 aromatic carbocycles. The third-order valence-corrected chi connectivity index (χ3v) is 4.67. The second kappa shape index (κ2) is 5.51. The van der Waals surface area contributed by atoms with E-state index in [1.807, 2.05) is 30.3 Å². The average molecular weight is 382 g/mol. The largest absolute Gasteiger partial charge is 0.397 e. The molecule has 7 heteroatoms. The third-order valence-electron chi connectivity index (χ3n) is 4.67. The summed E-state index contributed by atoms with van der Waals surface area (Å²) in [7, 11) is 0. The summed E-state index contributed by atoms with van der Waals surface area (Å²) in [6, 6.07) is 11.6. The summed E-state index contributed by atoms with van der Waals surface area (Å²) >= 11 is 0. The van der Waals surface area contributed by atoms with Gasteiger partial charge in [-0.2, -0.15) is 0 Å². The first-order chi connectivity index (χ1) is 11.4. The molecule has 0 saturated carbocycles. The molecule has 0 aliphatic carbocycles. The zero-order valence-corrected chi connectivity index (χ0v) is 14.2. The molecule has 0 bridgehead atoms. The van der Waals surface area contributed by atoms with E-state index in [0.29, 0.717) is 28.1 Å². The minimum atomic E-state index is 0. The van der Waals surface area contributed by atoms with Crippen molar-refractivity contribution in [3.8, 4) is 0 Å². The molecule has 0 aromatic heterocycles. The van der Waals surface area contributed by atoms with Gasteiger partial charge in [-0.3, -0.25) is 0 Å². The second-order valence-electron chi connectivity index (χ2n) is 5.94. The van der Waals surface area contributed by atoms with Crippen LogP contribution in [0.2, 0.25) is 0 Å². The molecule has 0 heterocycles. The molecule has 0 aliphatic heterocycles. The maximum absolute atomic E-state index is 6.31. The average Bonchev–Trinajstić information content (AvgIpc) is 2.59. The summed E-state index contributed by atoms with van der Waals surface area (Å²) in [5.74, 6) is 0. The maximum atomic E-state index is 6.31. The van der Waals surface area contributed by atoms with Gasteiger partial charge in [0, 0.05) is 33.2 Å². The number of hydrogen-bond acceptors (Lipinski definition) is 6. The van der Waals surface area contributed by atoms with Gasteiger partial charge in [0.05, 0.1) is 34.1 Å². The van der Waals surface area contributed by atoms with Crippen LogP contribution in [-0.2, 0) is 17.1 Å². The number of anilines is 6. The zero-order chi connectivity index (χ0) is 17.2. The first kappa shape index (κ1) is 16.8. The normalized spacial score (nSPS) is 11.0. The molecule has 1 radical (unpaired) electrons. The molecular formula is C18H18CuN6. The standard InChI is InChI=1S/C18H18N6.Cu/c19-10-6-5-9-7-3-1-2-4-8(7)12-13(11(9)14(10)20)16(22)18(24)17(23)15(12)21;/h1-6H,19-24H2;. The van der Waals surface area contributed by atoms with Crippen molar-refractivity contribution in [1.29, 1.82) is 0 Å². The van der Waals surface area contributed by atoms with E-state index in [0.717, 1.165) is 26.9 Å².